The normalized spacial score (nSPS) is 31.5. The minimum absolute atomic E-state index is 0.00589. The lowest BCUT2D eigenvalue weighted by molar-refractivity contribution is -0.131. The fourth-order valence-electron chi connectivity index (χ4n) is 7.09. The highest BCUT2D eigenvalue weighted by atomic mass is 35.5. The second-order valence-corrected chi connectivity index (χ2v) is 11.5. The third kappa shape index (κ3) is 3.49. The number of fused-ring (bicyclic) bond motifs is 4. The number of anilines is 1. The second kappa shape index (κ2) is 8.79. The number of amides is 4. The van der Waals surface area contributed by atoms with Crippen molar-refractivity contribution in [1.29, 1.82) is 0 Å². The molecule has 39 heavy (non-hydrogen) atoms. The molecule has 4 amide bonds. The number of carbonyl (C=O) groups excluding carboxylic acids is 4. The van der Waals surface area contributed by atoms with Crippen molar-refractivity contribution in [2.45, 2.75) is 25.7 Å². The summed E-state index contributed by atoms with van der Waals surface area (Å²) in [6, 6.07) is 6.73. The van der Waals surface area contributed by atoms with Crippen LogP contribution >= 0.6 is 23.2 Å². The van der Waals surface area contributed by atoms with Crippen LogP contribution in [0.5, 0.6) is 11.5 Å². The van der Waals surface area contributed by atoms with Gasteiger partial charge in [-0.3, -0.25) is 24.5 Å². The maximum atomic E-state index is 14.3. The monoisotopic (exact) mass is 572 g/mol. The molecule has 2 heterocycles. The molecule has 0 spiro atoms. The van der Waals surface area contributed by atoms with Gasteiger partial charge >= 0.3 is 0 Å². The van der Waals surface area contributed by atoms with Gasteiger partial charge in [-0.25, -0.2) is 9.29 Å². The number of hydrogen-bond acceptors (Lipinski definition) is 6. The van der Waals surface area contributed by atoms with Gasteiger partial charge in [-0.1, -0.05) is 34.9 Å². The van der Waals surface area contributed by atoms with Crippen LogP contribution < -0.4 is 15.0 Å². The van der Waals surface area contributed by atoms with Crippen molar-refractivity contribution in [3.8, 4) is 11.5 Å². The zero-order chi connectivity index (χ0) is 28.0. The molecule has 0 unspecified atom stereocenters. The van der Waals surface area contributed by atoms with Gasteiger partial charge in [0.2, 0.25) is 23.6 Å². The van der Waals surface area contributed by atoms with Gasteiger partial charge in [0.25, 0.3) is 0 Å². The summed E-state index contributed by atoms with van der Waals surface area (Å²) in [5, 5.41) is 12.6. The quantitative estimate of drug-likeness (QED) is 0.417. The Morgan fingerprint density at radius 3 is 2.51 bits per heavy atom. The molecule has 11 heteroatoms. The first-order valence-electron chi connectivity index (χ1n) is 12.4. The number of methoxy groups -OCH3 is 1. The number of rotatable bonds is 3. The molecular weight excluding hydrogens is 550 g/mol. The van der Waals surface area contributed by atoms with Gasteiger partial charge in [0.15, 0.2) is 11.5 Å². The number of benzene rings is 2. The van der Waals surface area contributed by atoms with Crippen molar-refractivity contribution in [2.75, 3.05) is 12.0 Å². The van der Waals surface area contributed by atoms with E-state index >= 15 is 0 Å². The molecule has 0 bridgehead atoms. The first-order chi connectivity index (χ1) is 18.5. The molecule has 2 aliphatic carbocycles. The first kappa shape index (κ1) is 25.8. The van der Waals surface area contributed by atoms with E-state index in [-0.39, 0.29) is 39.6 Å². The number of allylic oxidation sites excluding steroid dienone is 2. The van der Waals surface area contributed by atoms with E-state index in [4.69, 9.17) is 27.9 Å². The fourth-order valence-corrected chi connectivity index (χ4v) is 7.49. The van der Waals surface area contributed by atoms with Gasteiger partial charge in [0.05, 0.1) is 46.0 Å². The molecule has 2 saturated heterocycles. The third-order valence-corrected chi connectivity index (χ3v) is 9.46. The lowest BCUT2D eigenvalue weighted by Gasteiger charge is -2.49. The minimum Gasteiger partial charge on any atom is -0.503 e. The van der Waals surface area contributed by atoms with Crippen molar-refractivity contribution in [3.63, 3.8) is 0 Å². The Bertz CT molecular complexity index is 1530. The van der Waals surface area contributed by atoms with Crippen LogP contribution in [-0.2, 0) is 19.2 Å². The summed E-state index contributed by atoms with van der Waals surface area (Å²) in [6.45, 7) is 1.70. The Morgan fingerprint density at radius 1 is 1.08 bits per heavy atom. The Morgan fingerprint density at radius 2 is 1.82 bits per heavy atom. The van der Waals surface area contributed by atoms with Crippen LogP contribution in [0.2, 0.25) is 10.0 Å². The van der Waals surface area contributed by atoms with E-state index in [9.17, 15) is 28.7 Å². The summed E-state index contributed by atoms with van der Waals surface area (Å²) < 4.78 is 19.3. The smallest absolute Gasteiger partial charge is 0.241 e. The molecule has 202 valence electrons. The third-order valence-electron chi connectivity index (χ3n) is 8.88. The predicted molar refractivity (Wildman–Crippen MR) is 139 cm³/mol. The van der Waals surface area contributed by atoms with Crippen molar-refractivity contribution in [1.82, 2.24) is 5.32 Å². The molecule has 2 aromatic carbocycles. The summed E-state index contributed by atoms with van der Waals surface area (Å²) in [6.07, 6.45) is 2.35. The Labute approximate surface area is 232 Å². The summed E-state index contributed by atoms with van der Waals surface area (Å²) >= 11 is 12.4. The zero-order valence-electron chi connectivity index (χ0n) is 20.8. The summed E-state index contributed by atoms with van der Waals surface area (Å²) in [4.78, 5) is 54.7. The molecule has 0 aromatic heterocycles. The topological polar surface area (TPSA) is 113 Å². The number of halogens is 3. The minimum atomic E-state index is -1.34. The molecule has 1 saturated carbocycles. The van der Waals surface area contributed by atoms with E-state index < -0.39 is 58.5 Å². The van der Waals surface area contributed by atoms with Gasteiger partial charge < -0.3 is 9.84 Å². The largest absolute Gasteiger partial charge is 0.503 e. The van der Waals surface area contributed by atoms with Crippen molar-refractivity contribution in [2.24, 2.45) is 29.1 Å². The average molecular weight is 573 g/mol. The van der Waals surface area contributed by atoms with Crippen LogP contribution in [-0.4, -0.2) is 35.8 Å². The SMILES string of the molecule is COc1cc([C@H]2C3=CC[C@@H]4C(=O)NC(=O)[C@@H]4[C@@H]3C[C@H]3C(=O)N(c4ccc(F)c(Cl)c4)C(=O)[C@@]23C)cc(Cl)c1O. The lowest BCUT2D eigenvalue weighted by atomic mass is 9.51. The number of aromatic hydroxyl groups is 1. The van der Waals surface area contributed by atoms with Crippen LogP contribution in [0.1, 0.15) is 31.2 Å². The maximum Gasteiger partial charge on any atom is 0.241 e. The van der Waals surface area contributed by atoms with E-state index in [1.54, 1.807) is 13.0 Å². The average Bonchev–Trinajstić information content (AvgIpc) is 3.30. The van der Waals surface area contributed by atoms with E-state index in [2.05, 4.69) is 5.32 Å². The van der Waals surface area contributed by atoms with E-state index in [0.717, 1.165) is 16.5 Å². The zero-order valence-corrected chi connectivity index (χ0v) is 22.3. The molecule has 4 aliphatic rings. The highest BCUT2D eigenvalue weighted by Gasteiger charge is 2.67. The number of carbonyl (C=O) groups is 4. The van der Waals surface area contributed by atoms with Gasteiger partial charge in [-0.15, -0.1) is 0 Å². The number of phenols is 1. The molecular formula is C28H23Cl2FN2O6. The molecule has 0 radical (unpaired) electrons. The second-order valence-electron chi connectivity index (χ2n) is 10.7. The van der Waals surface area contributed by atoms with Crippen LogP contribution in [0.25, 0.3) is 0 Å². The molecule has 6 atom stereocenters. The summed E-state index contributed by atoms with van der Waals surface area (Å²) in [7, 11) is 1.37. The van der Waals surface area contributed by atoms with Gasteiger partial charge in [0, 0.05) is 5.92 Å². The Hall–Kier alpha value is -3.43. The molecule has 8 nitrogen and oxygen atoms in total. The van der Waals surface area contributed by atoms with Crippen molar-refractivity contribution in [3.05, 3.63) is 63.4 Å². The number of nitrogens with one attached hydrogen (secondary N) is 1. The molecule has 2 aromatic rings. The van der Waals surface area contributed by atoms with E-state index in [1.807, 2.05) is 6.08 Å². The highest BCUT2D eigenvalue weighted by Crippen LogP contribution is 2.63. The van der Waals surface area contributed by atoms with E-state index in [1.165, 1.54) is 25.3 Å². The number of nitrogens with zero attached hydrogens (tertiary/aromatic N) is 1. The molecule has 3 fully saturated rings. The molecule has 2 aliphatic heterocycles. The predicted octanol–water partition coefficient (Wildman–Crippen LogP) is 4.37. The van der Waals surface area contributed by atoms with Gasteiger partial charge in [-0.05, 0) is 61.6 Å². The Balaban J connectivity index is 1.56. The number of imide groups is 2. The maximum absolute atomic E-state index is 14.3. The fraction of sp³-hybridized carbons (Fsp3) is 0.357. The van der Waals surface area contributed by atoms with Crippen LogP contribution in [0.15, 0.2) is 42.0 Å². The first-order valence-corrected chi connectivity index (χ1v) is 13.2. The lowest BCUT2D eigenvalue weighted by Crippen LogP contribution is -2.48. The van der Waals surface area contributed by atoms with Crippen molar-refractivity contribution < 1.29 is 33.4 Å². The van der Waals surface area contributed by atoms with Crippen LogP contribution in [0.4, 0.5) is 10.1 Å². The Kier molecular flexibility index (Phi) is 5.82. The number of hydrogen-bond donors (Lipinski definition) is 2. The summed E-state index contributed by atoms with van der Waals surface area (Å²) in [5.74, 6) is -6.00. The summed E-state index contributed by atoms with van der Waals surface area (Å²) in [5.41, 5.74) is 0.0678. The highest BCUT2D eigenvalue weighted by molar-refractivity contribution is 6.32. The van der Waals surface area contributed by atoms with Crippen molar-refractivity contribution >= 4 is 52.5 Å². The standard InChI is InChI=1S/C28H23Cl2FN2O6/c1-28-16(26(37)33(27(28)38)12-3-6-19(31)17(29)9-12)10-15-13(4-5-14-21(15)25(36)32-24(14)35)22(28)11-7-18(30)23(34)20(8-11)39-2/h3-4,6-9,14-16,21-22,34H,5,10H2,1-2H3,(H,32,35,36)/t14-,15+,16-,21-,22-,28+/m0/s1. The molecule has 2 N–H and O–H groups in total. The van der Waals surface area contributed by atoms with Crippen LogP contribution in [0, 0.1) is 34.9 Å². The molecule has 6 rings (SSSR count). The number of phenolic OH excluding ortho intramolecular Hbond substituents is 1. The van der Waals surface area contributed by atoms with E-state index in [0.29, 0.717) is 12.0 Å². The van der Waals surface area contributed by atoms with Gasteiger partial charge in [0.1, 0.15) is 5.82 Å². The van der Waals surface area contributed by atoms with Crippen LogP contribution in [0.3, 0.4) is 0 Å². The number of ether oxygens (including phenoxy) is 1. The van der Waals surface area contributed by atoms with Gasteiger partial charge in [-0.2, -0.15) is 0 Å².